The second-order valence-corrected chi connectivity index (χ2v) is 7.54. The summed E-state index contributed by atoms with van der Waals surface area (Å²) in [5.41, 5.74) is 1.27. The van der Waals surface area contributed by atoms with Gasteiger partial charge in [0.05, 0.1) is 0 Å². The maximum absolute atomic E-state index is 13.6. The van der Waals surface area contributed by atoms with E-state index in [1.54, 1.807) is 12.1 Å². The third-order valence-electron chi connectivity index (χ3n) is 4.60. The summed E-state index contributed by atoms with van der Waals surface area (Å²) in [6.45, 7) is 7.53. The molecule has 1 unspecified atom stereocenters. The minimum absolute atomic E-state index is 0.107. The van der Waals surface area contributed by atoms with E-state index in [9.17, 15) is 4.39 Å². The van der Waals surface area contributed by atoms with Crippen molar-refractivity contribution in [2.45, 2.75) is 70.8 Å². The lowest BCUT2D eigenvalue weighted by Gasteiger charge is -2.31. The SMILES string of the molecule is CC(C)(C)NCC(c1cccc(F)c1)C1CCCCCC1. The molecule has 1 aromatic carbocycles. The number of rotatable bonds is 4. The zero-order chi connectivity index (χ0) is 15.3. The normalized spacial score (nSPS) is 19.2. The number of hydrogen-bond acceptors (Lipinski definition) is 1. The van der Waals surface area contributed by atoms with E-state index in [1.807, 2.05) is 6.07 Å². The topological polar surface area (TPSA) is 12.0 Å². The Labute approximate surface area is 129 Å². The summed E-state index contributed by atoms with van der Waals surface area (Å²) in [5.74, 6) is 1.00. The van der Waals surface area contributed by atoms with Gasteiger partial charge in [-0.15, -0.1) is 0 Å². The second kappa shape index (κ2) is 7.40. The zero-order valence-corrected chi connectivity index (χ0v) is 13.8. The Hall–Kier alpha value is -0.890. The van der Waals surface area contributed by atoms with Gasteiger partial charge in [0, 0.05) is 12.1 Å². The number of benzene rings is 1. The molecule has 1 saturated carbocycles. The molecule has 1 atom stereocenters. The van der Waals surface area contributed by atoms with Crippen molar-refractivity contribution < 1.29 is 4.39 Å². The van der Waals surface area contributed by atoms with Gasteiger partial charge in [0.25, 0.3) is 0 Å². The van der Waals surface area contributed by atoms with Crippen LogP contribution in [0.2, 0.25) is 0 Å². The van der Waals surface area contributed by atoms with Gasteiger partial charge in [0.2, 0.25) is 0 Å². The van der Waals surface area contributed by atoms with Gasteiger partial charge in [0.1, 0.15) is 5.82 Å². The Morgan fingerprint density at radius 3 is 2.38 bits per heavy atom. The fraction of sp³-hybridized carbons (Fsp3) is 0.684. The monoisotopic (exact) mass is 291 g/mol. The van der Waals surface area contributed by atoms with Gasteiger partial charge in [-0.25, -0.2) is 4.39 Å². The van der Waals surface area contributed by atoms with Gasteiger partial charge in [-0.2, -0.15) is 0 Å². The molecule has 2 rings (SSSR count). The molecule has 118 valence electrons. The largest absolute Gasteiger partial charge is 0.311 e. The summed E-state index contributed by atoms with van der Waals surface area (Å²) < 4.78 is 13.6. The highest BCUT2D eigenvalue weighted by molar-refractivity contribution is 5.22. The van der Waals surface area contributed by atoms with E-state index >= 15 is 0 Å². The van der Waals surface area contributed by atoms with E-state index in [4.69, 9.17) is 0 Å². The highest BCUT2D eigenvalue weighted by atomic mass is 19.1. The number of halogens is 1. The molecule has 0 heterocycles. The third kappa shape index (κ3) is 5.43. The highest BCUT2D eigenvalue weighted by Crippen LogP contribution is 2.35. The van der Waals surface area contributed by atoms with Crippen LogP contribution in [0.25, 0.3) is 0 Å². The van der Waals surface area contributed by atoms with Crippen molar-refractivity contribution >= 4 is 0 Å². The van der Waals surface area contributed by atoms with Gasteiger partial charge in [-0.1, -0.05) is 37.8 Å². The summed E-state index contributed by atoms with van der Waals surface area (Å²) in [6.07, 6.45) is 7.94. The smallest absolute Gasteiger partial charge is 0.123 e. The lowest BCUT2D eigenvalue weighted by atomic mass is 9.81. The quantitative estimate of drug-likeness (QED) is 0.745. The Bertz CT molecular complexity index is 427. The highest BCUT2D eigenvalue weighted by Gasteiger charge is 2.25. The van der Waals surface area contributed by atoms with Crippen molar-refractivity contribution in [2.75, 3.05) is 6.54 Å². The molecule has 0 saturated heterocycles. The maximum atomic E-state index is 13.6. The first-order chi connectivity index (χ1) is 9.96. The van der Waals surface area contributed by atoms with E-state index in [0.29, 0.717) is 11.8 Å². The molecule has 0 spiro atoms. The summed E-state index contributed by atoms with van der Waals surface area (Å²) in [6, 6.07) is 7.24. The maximum Gasteiger partial charge on any atom is 0.123 e. The molecule has 0 radical (unpaired) electrons. The van der Waals surface area contributed by atoms with Crippen molar-refractivity contribution in [1.82, 2.24) is 5.32 Å². The molecule has 1 aliphatic carbocycles. The van der Waals surface area contributed by atoms with Crippen molar-refractivity contribution in [3.05, 3.63) is 35.6 Å². The van der Waals surface area contributed by atoms with E-state index in [-0.39, 0.29) is 11.4 Å². The van der Waals surface area contributed by atoms with E-state index < -0.39 is 0 Å². The summed E-state index contributed by atoms with van der Waals surface area (Å²) in [4.78, 5) is 0. The van der Waals surface area contributed by atoms with Crippen LogP contribution in [0.4, 0.5) is 4.39 Å². The molecule has 0 bridgehead atoms. The van der Waals surface area contributed by atoms with Crippen LogP contribution in [0.5, 0.6) is 0 Å². The van der Waals surface area contributed by atoms with Gasteiger partial charge in [0.15, 0.2) is 0 Å². The van der Waals surface area contributed by atoms with Crippen LogP contribution in [-0.2, 0) is 0 Å². The average Bonchev–Trinajstić information content (AvgIpc) is 2.67. The Morgan fingerprint density at radius 2 is 1.81 bits per heavy atom. The fourth-order valence-corrected chi connectivity index (χ4v) is 3.42. The third-order valence-corrected chi connectivity index (χ3v) is 4.60. The van der Waals surface area contributed by atoms with Crippen LogP contribution in [0.1, 0.15) is 70.8 Å². The van der Waals surface area contributed by atoms with Crippen molar-refractivity contribution in [3.63, 3.8) is 0 Å². The van der Waals surface area contributed by atoms with Gasteiger partial charge >= 0.3 is 0 Å². The van der Waals surface area contributed by atoms with Crippen LogP contribution >= 0.6 is 0 Å². The van der Waals surface area contributed by atoms with Gasteiger partial charge < -0.3 is 5.32 Å². The minimum Gasteiger partial charge on any atom is -0.311 e. The van der Waals surface area contributed by atoms with Crippen molar-refractivity contribution in [2.24, 2.45) is 5.92 Å². The minimum atomic E-state index is -0.109. The van der Waals surface area contributed by atoms with Crippen molar-refractivity contribution in [3.8, 4) is 0 Å². The average molecular weight is 291 g/mol. The van der Waals surface area contributed by atoms with Crippen LogP contribution < -0.4 is 5.32 Å². The Morgan fingerprint density at radius 1 is 1.14 bits per heavy atom. The van der Waals surface area contributed by atoms with Gasteiger partial charge in [-0.05, 0) is 63.1 Å². The van der Waals surface area contributed by atoms with Crippen LogP contribution in [0, 0.1) is 11.7 Å². The molecule has 1 nitrogen and oxygen atoms in total. The van der Waals surface area contributed by atoms with E-state index in [0.717, 1.165) is 6.54 Å². The molecular formula is C19H30FN. The summed E-state index contributed by atoms with van der Waals surface area (Å²) >= 11 is 0. The standard InChI is InChI=1S/C19H30FN/c1-19(2,3)21-14-18(15-9-6-4-5-7-10-15)16-11-8-12-17(20)13-16/h8,11-13,15,18,21H,4-7,9-10,14H2,1-3H3. The first-order valence-corrected chi connectivity index (χ1v) is 8.46. The zero-order valence-electron chi connectivity index (χ0n) is 13.8. The molecule has 21 heavy (non-hydrogen) atoms. The molecule has 0 aliphatic heterocycles. The first kappa shape index (κ1) is 16.5. The molecule has 2 heteroatoms. The molecule has 1 aromatic rings. The van der Waals surface area contributed by atoms with Crippen LogP contribution in [0.15, 0.2) is 24.3 Å². The summed E-state index contributed by atoms with van der Waals surface area (Å²) in [5, 5.41) is 3.64. The second-order valence-electron chi connectivity index (χ2n) is 7.54. The Kier molecular flexibility index (Phi) is 5.80. The molecule has 1 fully saturated rings. The molecule has 0 aromatic heterocycles. The molecule has 1 aliphatic rings. The summed E-state index contributed by atoms with van der Waals surface area (Å²) in [7, 11) is 0. The van der Waals surface area contributed by atoms with Crippen molar-refractivity contribution in [1.29, 1.82) is 0 Å². The predicted molar refractivity (Wildman–Crippen MR) is 88.1 cm³/mol. The molecule has 0 amide bonds. The van der Waals surface area contributed by atoms with E-state index in [2.05, 4.69) is 32.2 Å². The van der Waals surface area contributed by atoms with Gasteiger partial charge in [-0.3, -0.25) is 0 Å². The van der Waals surface area contributed by atoms with Crippen LogP contribution in [-0.4, -0.2) is 12.1 Å². The van der Waals surface area contributed by atoms with E-state index in [1.165, 1.54) is 44.1 Å². The Balaban J connectivity index is 2.16. The fourth-order valence-electron chi connectivity index (χ4n) is 3.42. The lowest BCUT2D eigenvalue weighted by Crippen LogP contribution is -2.40. The molecule has 1 N–H and O–H groups in total. The predicted octanol–water partition coefficient (Wildman–Crippen LogP) is 5.27. The lowest BCUT2D eigenvalue weighted by molar-refractivity contribution is 0.323. The van der Waals surface area contributed by atoms with Crippen LogP contribution in [0.3, 0.4) is 0 Å². The first-order valence-electron chi connectivity index (χ1n) is 8.46. The molecular weight excluding hydrogens is 261 g/mol. The number of nitrogens with one attached hydrogen (secondary N) is 1. The number of hydrogen-bond donors (Lipinski definition) is 1.